The number of rotatable bonds is 7. The number of hydrogen-bond acceptors (Lipinski definition) is 4. The number of nitrogens with zero attached hydrogens (tertiary/aromatic N) is 3. The molecule has 2 aromatic heterocycles. The van der Waals surface area contributed by atoms with Gasteiger partial charge in [0.15, 0.2) is 5.78 Å². The summed E-state index contributed by atoms with van der Waals surface area (Å²) in [4.78, 5) is 19.0. The topological polar surface area (TPSA) is 28.5 Å². The van der Waals surface area contributed by atoms with Gasteiger partial charge in [-0.15, -0.1) is 11.3 Å². The summed E-state index contributed by atoms with van der Waals surface area (Å²) < 4.78 is 2.29. The van der Waals surface area contributed by atoms with E-state index < -0.39 is 0 Å². The number of Topliss-reactive ketones (excluding diaryl/α,β-unsaturated/α-hetero) is 1. The first-order valence-electron chi connectivity index (χ1n) is 9.25. The lowest BCUT2D eigenvalue weighted by atomic mass is 10.1. The molecular formula is C20H29N3OS. The maximum atomic E-state index is 12.8. The summed E-state index contributed by atoms with van der Waals surface area (Å²) in [7, 11) is 0. The van der Waals surface area contributed by atoms with E-state index in [0.717, 1.165) is 56.9 Å². The second-order valence-corrected chi connectivity index (χ2v) is 7.93. The van der Waals surface area contributed by atoms with E-state index in [-0.39, 0.29) is 5.78 Å². The van der Waals surface area contributed by atoms with Crippen molar-refractivity contribution in [1.29, 1.82) is 0 Å². The fourth-order valence-corrected chi connectivity index (χ4v) is 4.35. The normalized spacial score (nSPS) is 16.4. The molecular weight excluding hydrogens is 330 g/mol. The first-order chi connectivity index (χ1) is 12.1. The van der Waals surface area contributed by atoms with Gasteiger partial charge in [0.25, 0.3) is 0 Å². The number of carbonyl (C=O) groups is 1. The molecule has 3 rings (SSSR count). The van der Waals surface area contributed by atoms with Crippen LogP contribution in [0.3, 0.4) is 0 Å². The van der Waals surface area contributed by atoms with Gasteiger partial charge in [0.2, 0.25) is 0 Å². The fraction of sp³-hybridized carbons (Fsp3) is 0.550. The van der Waals surface area contributed by atoms with Crippen LogP contribution in [0.1, 0.15) is 33.5 Å². The summed E-state index contributed by atoms with van der Waals surface area (Å²) in [5, 5.41) is 2.12. The van der Waals surface area contributed by atoms with E-state index in [4.69, 9.17) is 0 Å². The minimum absolute atomic E-state index is 0.264. The maximum Gasteiger partial charge on any atom is 0.178 e. The highest BCUT2D eigenvalue weighted by Gasteiger charge is 2.21. The van der Waals surface area contributed by atoms with Crippen molar-refractivity contribution in [3.8, 4) is 0 Å². The molecule has 0 saturated carbocycles. The molecule has 0 bridgehead atoms. The van der Waals surface area contributed by atoms with Gasteiger partial charge in [-0.25, -0.2) is 0 Å². The number of carbonyl (C=O) groups excluding carboxylic acids is 1. The van der Waals surface area contributed by atoms with Crippen LogP contribution < -0.4 is 0 Å². The molecule has 0 aromatic carbocycles. The molecule has 2 aromatic rings. The van der Waals surface area contributed by atoms with E-state index in [1.165, 1.54) is 10.6 Å². The van der Waals surface area contributed by atoms with Gasteiger partial charge >= 0.3 is 0 Å². The van der Waals surface area contributed by atoms with E-state index in [1.807, 2.05) is 0 Å². The Kier molecular flexibility index (Phi) is 6.10. The Balaban J connectivity index is 1.62. The summed E-state index contributed by atoms with van der Waals surface area (Å²) in [6, 6.07) is 6.36. The Morgan fingerprint density at radius 3 is 2.52 bits per heavy atom. The van der Waals surface area contributed by atoms with Crippen LogP contribution in [-0.4, -0.2) is 59.4 Å². The molecule has 0 spiro atoms. The van der Waals surface area contributed by atoms with E-state index >= 15 is 0 Å². The van der Waals surface area contributed by atoms with Gasteiger partial charge in [-0.2, -0.15) is 0 Å². The minimum Gasteiger partial charge on any atom is -0.348 e. The molecule has 3 heterocycles. The van der Waals surface area contributed by atoms with Gasteiger partial charge in [0.1, 0.15) is 0 Å². The number of piperazine rings is 1. The molecule has 25 heavy (non-hydrogen) atoms. The quantitative estimate of drug-likeness (QED) is 0.711. The van der Waals surface area contributed by atoms with E-state index in [9.17, 15) is 4.79 Å². The second kappa shape index (κ2) is 8.30. The van der Waals surface area contributed by atoms with Crippen LogP contribution in [0.2, 0.25) is 0 Å². The van der Waals surface area contributed by atoms with E-state index in [0.29, 0.717) is 6.54 Å². The highest BCUT2D eigenvalue weighted by molar-refractivity contribution is 7.09. The van der Waals surface area contributed by atoms with Gasteiger partial charge in [-0.1, -0.05) is 13.0 Å². The predicted octanol–water partition coefficient (Wildman–Crippen LogP) is 3.23. The second-order valence-electron chi connectivity index (χ2n) is 6.90. The number of aryl methyl sites for hydroxylation is 2. The molecule has 1 fully saturated rings. The Hall–Kier alpha value is -1.43. The number of ketones is 1. The number of aromatic nitrogens is 1. The molecule has 0 aliphatic carbocycles. The monoisotopic (exact) mass is 359 g/mol. The Labute approximate surface area is 155 Å². The number of hydrogen-bond donors (Lipinski definition) is 0. The zero-order chi connectivity index (χ0) is 17.8. The summed E-state index contributed by atoms with van der Waals surface area (Å²) in [5.41, 5.74) is 3.21. The van der Waals surface area contributed by atoms with Crippen LogP contribution in [0.15, 0.2) is 23.6 Å². The minimum atomic E-state index is 0.264. The van der Waals surface area contributed by atoms with Gasteiger partial charge < -0.3 is 9.47 Å². The third kappa shape index (κ3) is 4.40. The Morgan fingerprint density at radius 2 is 1.88 bits per heavy atom. The van der Waals surface area contributed by atoms with E-state index in [2.05, 4.69) is 58.7 Å². The van der Waals surface area contributed by atoms with Gasteiger partial charge in [0.05, 0.1) is 6.54 Å². The molecule has 136 valence electrons. The van der Waals surface area contributed by atoms with Crippen LogP contribution >= 0.6 is 11.3 Å². The van der Waals surface area contributed by atoms with Crippen molar-refractivity contribution in [3.05, 3.63) is 45.4 Å². The van der Waals surface area contributed by atoms with Crippen molar-refractivity contribution in [2.45, 2.75) is 33.7 Å². The summed E-state index contributed by atoms with van der Waals surface area (Å²) in [5.74, 6) is 0.264. The molecule has 1 aliphatic rings. The summed E-state index contributed by atoms with van der Waals surface area (Å²) >= 11 is 1.80. The van der Waals surface area contributed by atoms with Gasteiger partial charge in [0, 0.05) is 54.6 Å². The standard InChI is InChI=1S/C20H29N3OS/c1-4-21-9-11-22(12-10-21)15-20(24)19-14-16(2)23(17(19)3)8-7-18-6-5-13-25-18/h5-6,13-14H,4,7-12,15H2,1-3H3. The zero-order valence-electron chi connectivity index (χ0n) is 15.6. The SMILES string of the molecule is CCN1CCN(CC(=O)c2cc(C)n(CCc3cccs3)c2C)CC1. The summed E-state index contributed by atoms with van der Waals surface area (Å²) in [6.07, 6.45) is 1.03. The van der Waals surface area contributed by atoms with Gasteiger partial charge in [-0.3, -0.25) is 9.69 Å². The average molecular weight is 360 g/mol. The fourth-order valence-electron chi connectivity index (χ4n) is 3.66. The smallest absolute Gasteiger partial charge is 0.178 e. The third-order valence-corrected chi connectivity index (χ3v) is 6.25. The van der Waals surface area contributed by atoms with Crippen molar-refractivity contribution >= 4 is 17.1 Å². The maximum absolute atomic E-state index is 12.8. The van der Waals surface area contributed by atoms with Gasteiger partial charge in [-0.05, 0) is 44.3 Å². The summed E-state index contributed by atoms with van der Waals surface area (Å²) in [6.45, 7) is 13.1. The molecule has 1 aliphatic heterocycles. The van der Waals surface area contributed by atoms with Crippen LogP contribution in [0.4, 0.5) is 0 Å². The molecule has 0 N–H and O–H groups in total. The molecule has 1 saturated heterocycles. The highest BCUT2D eigenvalue weighted by atomic mass is 32.1. The molecule has 0 atom stereocenters. The molecule has 4 nitrogen and oxygen atoms in total. The predicted molar refractivity (Wildman–Crippen MR) is 105 cm³/mol. The number of likely N-dealkylation sites (N-methyl/N-ethyl adjacent to an activating group) is 1. The molecule has 5 heteroatoms. The molecule has 0 unspecified atom stereocenters. The largest absolute Gasteiger partial charge is 0.348 e. The van der Waals surface area contributed by atoms with Crippen LogP contribution in [0.5, 0.6) is 0 Å². The molecule has 0 radical (unpaired) electrons. The third-order valence-electron chi connectivity index (χ3n) is 5.32. The van der Waals surface area contributed by atoms with Crippen molar-refractivity contribution in [2.75, 3.05) is 39.3 Å². The first-order valence-corrected chi connectivity index (χ1v) is 10.1. The lowest BCUT2D eigenvalue weighted by molar-refractivity contribution is 0.0858. The van der Waals surface area contributed by atoms with Crippen LogP contribution in [-0.2, 0) is 13.0 Å². The number of thiophene rings is 1. The molecule has 0 amide bonds. The van der Waals surface area contributed by atoms with Crippen molar-refractivity contribution < 1.29 is 4.79 Å². The van der Waals surface area contributed by atoms with Crippen LogP contribution in [0, 0.1) is 13.8 Å². The average Bonchev–Trinajstić information content (AvgIpc) is 3.22. The lowest BCUT2D eigenvalue weighted by Gasteiger charge is -2.33. The first kappa shape index (κ1) is 18.4. The van der Waals surface area contributed by atoms with Crippen molar-refractivity contribution in [2.24, 2.45) is 0 Å². The van der Waals surface area contributed by atoms with E-state index in [1.54, 1.807) is 11.3 Å². The Morgan fingerprint density at radius 1 is 1.16 bits per heavy atom. The Bertz CT molecular complexity index is 697. The lowest BCUT2D eigenvalue weighted by Crippen LogP contribution is -2.47. The van der Waals surface area contributed by atoms with Crippen molar-refractivity contribution in [3.63, 3.8) is 0 Å². The van der Waals surface area contributed by atoms with Crippen LogP contribution in [0.25, 0.3) is 0 Å². The van der Waals surface area contributed by atoms with Crippen molar-refractivity contribution in [1.82, 2.24) is 14.4 Å². The zero-order valence-corrected chi connectivity index (χ0v) is 16.4. The highest BCUT2D eigenvalue weighted by Crippen LogP contribution is 2.19.